The van der Waals surface area contributed by atoms with Crippen LogP contribution in [0, 0.1) is 0 Å². The molecular formula is C20H23N3O5. The summed E-state index contributed by atoms with van der Waals surface area (Å²) in [6, 6.07) is 10.8. The van der Waals surface area contributed by atoms with E-state index in [1.165, 1.54) is 30.3 Å². The molecule has 8 heteroatoms. The number of rotatable bonds is 6. The van der Waals surface area contributed by atoms with Crippen LogP contribution in [0.5, 0.6) is 5.75 Å². The Kier molecular flexibility index (Phi) is 6.70. The number of alkyl carbamates (subject to hydrolysis) is 1. The molecule has 0 unspecified atom stereocenters. The minimum Gasteiger partial charge on any atom is -0.506 e. The van der Waals surface area contributed by atoms with E-state index in [9.17, 15) is 14.7 Å². The third-order valence-corrected chi connectivity index (χ3v) is 3.51. The molecule has 0 bridgehead atoms. The van der Waals surface area contributed by atoms with Gasteiger partial charge in [0.05, 0.1) is 11.3 Å². The number of aromatic carboxylic acids is 1. The average molecular weight is 385 g/mol. The van der Waals surface area contributed by atoms with Gasteiger partial charge < -0.3 is 20.3 Å². The lowest BCUT2D eigenvalue weighted by atomic mass is 10.1. The van der Waals surface area contributed by atoms with Crippen molar-refractivity contribution in [3.05, 3.63) is 53.6 Å². The fraction of sp³-hybridized carbons (Fsp3) is 0.300. The molecule has 2 rings (SSSR count). The van der Waals surface area contributed by atoms with E-state index in [2.05, 4.69) is 15.5 Å². The molecule has 2 aromatic carbocycles. The van der Waals surface area contributed by atoms with E-state index >= 15 is 0 Å². The third kappa shape index (κ3) is 6.71. The number of carboxylic acids is 1. The number of ether oxygens (including phenoxy) is 1. The van der Waals surface area contributed by atoms with Gasteiger partial charge in [-0.2, -0.15) is 5.11 Å². The van der Waals surface area contributed by atoms with Gasteiger partial charge in [0.2, 0.25) is 0 Å². The first-order chi connectivity index (χ1) is 13.1. The Labute approximate surface area is 162 Å². The predicted octanol–water partition coefficient (Wildman–Crippen LogP) is 4.57. The minimum atomic E-state index is -1.02. The number of benzene rings is 2. The highest BCUT2D eigenvalue weighted by molar-refractivity contribution is 5.87. The summed E-state index contributed by atoms with van der Waals surface area (Å²) in [6.07, 6.45) is 0.0333. The second kappa shape index (κ2) is 8.98. The topological polar surface area (TPSA) is 121 Å². The highest BCUT2D eigenvalue weighted by atomic mass is 16.6. The molecule has 0 aliphatic heterocycles. The van der Waals surface area contributed by atoms with Gasteiger partial charge in [0, 0.05) is 6.54 Å². The van der Waals surface area contributed by atoms with Crippen LogP contribution in [0.15, 0.2) is 52.7 Å². The smallest absolute Gasteiger partial charge is 0.407 e. The van der Waals surface area contributed by atoms with Crippen molar-refractivity contribution in [1.82, 2.24) is 5.32 Å². The van der Waals surface area contributed by atoms with Crippen molar-refractivity contribution >= 4 is 23.4 Å². The summed E-state index contributed by atoms with van der Waals surface area (Å²) >= 11 is 0. The highest BCUT2D eigenvalue weighted by Crippen LogP contribution is 2.29. The predicted molar refractivity (Wildman–Crippen MR) is 104 cm³/mol. The van der Waals surface area contributed by atoms with Gasteiger partial charge in [-0.05, 0) is 69.2 Å². The van der Waals surface area contributed by atoms with E-state index in [1.807, 2.05) is 0 Å². The first kappa shape index (κ1) is 20.9. The third-order valence-electron chi connectivity index (χ3n) is 3.51. The molecular weight excluding hydrogens is 362 g/mol. The van der Waals surface area contributed by atoms with Crippen molar-refractivity contribution in [1.29, 1.82) is 0 Å². The van der Waals surface area contributed by atoms with E-state index in [1.54, 1.807) is 32.9 Å². The summed E-state index contributed by atoms with van der Waals surface area (Å²) in [6.45, 7) is 5.74. The maximum Gasteiger partial charge on any atom is 0.407 e. The molecule has 3 N–H and O–H groups in total. The number of azo groups is 1. The van der Waals surface area contributed by atoms with E-state index < -0.39 is 17.7 Å². The van der Waals surface area contributed by atoms with Crippen LogP contribution >= 0.6 is 0 Å². The van der Waals surface area contributed by atoms with Crippen LogP contribution in [0.1, 0.15) is 36.7 Å². The molecule has 1 amide bonds. The van der Waals surface area contributed by atoms with E-state index in [4.69, 9.17) is 9.84 Å². The fourth-order valence-electron chi connectivity index (χ4n) is 2.21. The number of nitrogens with zero attached hydrogens (tertiary/aromatic N) is 2. The van der Waals surface area contributed by atoms with Crippen LogP contribution in [-0.2, 0) is 11.2 Å². The Morgan fingerprint density at radius 3 is 2.36 bits per heavy atom. The zero-order chi connectivity index (χ0) is 20.7. The van der Waals surface area contributed by atoms with Gasteiger partial charge in [-0.25, -0.2) is 9.59 Å². The monoisotopic (exact) mass is 385 g/mol. The number of hydrogen-bond acceptors (Lipinski definition) is 6. The van der Waals surface area contributed by atoms with Gasteiger partial charge in [0.15, 0.2) is 0 Å². The van der Waals surface area contributed by atoms with E-state index in [-0.39, 0.29) is 17.0 Å². The largest absolute Gasteiger partial charge is 0.506 e. The molecule has 0 saturated carbocycles. The number of aromatic hydroxyl groups is 1. The number of phenolic OH excluding ortho intramolecular Hbond substituents is 1. The Bertz CT molecular complexity index is 870. The van der Waals surface area contributed by atoms with Crippen LogP contribution in [-0.4, -0.2) is 34.4 Å². The highest BCUT2D eigenvalue weighted by Gasteiger charge is 2.15. The molecule has 2 aromatic rings. The lowest BCUT2D eigenvalue weighted by Gasteiger charge is -2.19. The Morgan fingerprint density at radius 1 is 1.07 bits per heavy atom. The van der Waals surface area contributed by atoms with Gasteiger partial charge in [0.1, 0.15) is 17.0 Å². The number of carboxylic acid groups (broad SMARTS) is 1. The quantitative estimate of drug-likeness (QED) is 0.629. The van der Waals surface area contributed by atoms with Gasteiger partial charge >= 0.3 is 12.1 Å². The molecule has 0 aliphatic rings. The molecule has 0 fully saturated rings. The second-order valence-electron chi connectivity index (χ2n) is 7.05. The maximum atomic E-state index is 11.7. The summed E-state index contributed by atoms with van der Waals surface area (Å²) < 4.78 is 5.17. The summed E-state index contributed by atoms with van der Waals surface area (Å²) in [4.78, 5) is 22.5. The normalized spacial score (nSPS) is 11.4. The van der Waals surface area contributed by atoms with Crippen molar-refractivity contribution in [2.24, 2.45) is 10.2 Å². The SMILES string of the molecule is CC(C)(C)OC(=O)NCCc1ccc(O)c(/N=N/c2ccc(C(=O)O)cc2)c1. The molecule has 8 nitrogen and oxygen atoms in total. The summed E-state index contributed by atoms with van der Waals surface area (Å²) in [5.74, 6) is -1.05. The lowest BCUT2D eigenvalue weighted by Crippen LogP contribution is -2.33. The zero-order valence-corrected chi connectivity index (χ0v) is 16.0. The number of carbonyl (C=O) groups is 2. The van der Waals surface area contributed by atoms with Gasteiger partial charge in [-0.1, -0.05) is 6.07 Å². The molecule has 0 radical (unpaired) electrons. The van der Waals surface area contributed by atoms with E-state index in [0.29, 0.717) is 18.7 Å². The van der Waals surface area contributed by atoms with Crippen LogP contribution in [0.4, 0.5) is 16.2 Å². The zero-order valence-electron chi connectivity index (χ0n) is 16.0. The lowest BCUT2D eigenvalue weighted by molar-refractivity contribution is 0.0528. The van der Waals surface area contributed by atoms with Crippen molar-refractivity contribution in [3.8, 4) is 5.75 Å². The average Bonchev–Trinajstić information content (AvgIpc) is 2.60. The number of amides is 1. The number of hydrogen-bond donors (Lipinski definition) is 3. The van der Waals surface area contributed by atoms with Crippen molar-refractivity contribution in [2.45, 2.75) is 32.8 Å². The van der Waals surface area contributed by atoms with Crippen molar-refractivity contribution in [2.75, 3.05) is 6.54 Å². The minimum absolute atomic E-state index is 0.0326. The number of nitrogens with one attached hydrogen (secondary N) is 1. The molecule has 0 aliphatic carbocycles. The maximum absolute atomic E-state index is 11.7. The van der Waals surface area contributed by atoms with Crippen LogP contribution in [0.2, 0.25) is 0 Å². The van der Waals surface area contributed by atoms with Crippen LogP contribution < -0.4 is 5.32 Å². The summed E-state index contributed by atoms with van der Waals surface area (Å²) in [5.41, 5.74) is 1.18. The molecule has 28 heavy (non-hydrogen) atoms. The van der Waals surface area contributed by atoms with Crippen molar-refractivity contribution in [3.63, 3.8) is 0 Å². The molecule has 0 heterocycles. The number of phenols is 1. The molecule has 0 spiro atoms. The van der Waals surface area contributed by atoms with Gasteiger partial charge in [-0.15, -0.1) is 5.11 Å². The molecule has 0 saturated heterocycles. The van der Waals surface area contributed by atoms with E-state index in [0.717, 1.165) is 5.56 Å². The Balaban J connectivity index is 1.98. The Morgan fingerprint density at radius 2 is 1.75 bits per heavy atom. The standard InChI is InChI=1S/C20H23N3O5/c1-20(2,3)28-19(27)21-11-10-13-4-9-17(24)16(12-13)23-22-15-7-5-14(6-8-15)18(25)26/h4-9,12,24H,10-11H2,1-3H3,(H,21,27)(H,25,26)/b23-22+. The van der Waals surface area contributed by atoms with Crippen LogP contribution in [0.25, 0.3) is 0 Å². The first-order valence-electron chi connectivity index (χ1n) is 8.68. The summed E-state index contributed by atoms with van der Waals surface area (Å²) in [5, 5.41) is 29.5. The first-order valence-corrected chi connectivity index (χ1v) is 8.68. The molecule has 0 aromatic heterocycles. The van der Waals surface area contributed by atoms with Crippen LogP contribution in [0.3, 0.4) is 0 Å². The summed E-state index contributed by atoms with van der Waals surface area (Å²) in [7, 11) is 0. The van der Waals surface area contributed by atoms with Crippen molar-refractivity contribution < 1.29 is 24.5 Å². The second-order valence-corrected chi connectivity index (χ2v) is 7.05. The molecule has 0 atom stereocenters. The molecule has 148 valence electrons. The van der Waals surface area contributed by atoms with Gasteiger partial charge in [-0.3, -0.25) is 0 Å². The Hall–Kier alpha value is -3.42. The fourth-order valence-corrected chi connectivity index (χ4v) is 2.21. The number of carbonyl (C=O) groups excluding carboxylic acids is 1. The van der Waals surface area contributed by atoms with Gasteiger partial charge in [0.25, 0.3) is 0 Å².